The van der Waals surface area contributed by atoms with Gasteiger partial charge in [0.2, 0.25) is 0 Å². The monoisotopic (exact) mass is 374 g/mol. The lowest BCUT2D eigenvalue weighted by Crippen LogP contribution is -2.13. The fraction of sp³-hybridized carbons (Fsp3) is 0. The molecule has 0 aromatic heterocycles. The van der Waals surface area contributed by atoms with E-state index < -0.39 is 10.0 Å². The zero-order valence-corrected chi connectivity index (χ0v) is 15.3. The molecule has 4 nitrogen and oxygen atoms in total. The highest BCUT2D eigenvalue weighted by Gasteiger charge is 2.17. The van der Waals surface area contributed by atoms with Crippen LogP contribution < -0.4 is 10.0 Å². The molecule has 0 spiro atoms. The fourth-order valence-electron chi connectivity index (χ4n) is 2.95. The third kappa shape index (κ3) is 3.78. The summed E-state index contributed by atoms with van der Waals surface area (Å²) in [5.74, 6) is 0. The molecule has 4 aromatic rings. The number of sulfonamides is 1. The molecule has 0 radical (unpaired) electrons. The zero-order chi connectivity index (χ0) is 18.7. The topological polar surface area (TPSA) is 58.2 Å². The van der Waals surface area contributed by atoms with Crippen molar-refractivity contribution in [1.29, 1.82) is 0 Å². The molecular formula is C22H18N2O2S. The summed E-state index contributed by atoms with van der Waals surface area (Å²) in [6.07, 6.45) is 0. The SMILES string of the molecule is O=S(=O)(Nc1ccc(Nc2ccccc2)cc1)c1cccc2ccccc12. The molecule has 0 saturated carbocycles. The lowest BCUT2D eigenvalue weighted by atomic mass is 10.1. The Bertz CT molecular complexity index is 1170. The first-order valence-corrected chi connectivity index (χ1v) is 10.0. The van der Waals surface area contributed by atoms with Crippen molar-refractivity contribution in [3.8, 4) is 0 Å². The average molecular weight is 374 g/mol. The maximum atomic E-state index is 12.9. The Labute approximate surface area is 158 Å². The van der Waals surface area contributed by atoms with Gasteiger partial charge in [-0.2, -0.15) is 0 Å². The fourth-order valence-corrected chi connectivity index (χ4v) is 4.24. The summed E-state index contributed by atoms with van der Waals surface area (Å²) < 4.78 is 28.4. The van der Waals surface area contributed by atoms with Crippen LogP contribution in [0.4, 0.5) is 17.1 Å². The molecule has 27 heavy (non-hydrogen) atoms. The third-order valence-electron chi connectivity index (χ3n) is 4.24. The largest absolute Gasteiger partial charge is 0.356 e. The van der Waals surface area contributed by atoms with E-state index in [-0.39, 0.29) is 4.90 Å². The van der Waals surface area contributed by atoms with Crippen LogP contribution in [0.15, 0.2) is 102 Å². The van der Waals surface area contributed by atoms with Gasteiger partial charge < -0.3 is 5.32 Å². The van der Waals surface area contributed by atoms with E-state index in [1.54, 1.807) is 24.3 Å². The molecule has 5 heteroatoms. The van der Waals surface area contributed by atoms with Crippen LogP contribution in [0.1, 0.15) is 0 Å². The van der Waals surface area contributed by atoms with E-state index in [1.165, 1.54) is 0 Å². The van der Waals surface area contributed by atoms with Crippen LogP contribution in [0.2, 0.25) is 0 Å². The van der Waals surface area contributed by atoms with Crippen LogP contribution in [0, 0.1) is 0 Å². The predicted molar refractivity (Wildman–Crippen MR) is 111 cm³/mol. The number of anilines is 3. The van der Waals surface area contributed by atoms with Crippen LogP contribution >= 0.6 is 0 Å². The van der Waals surface area contributed by atoms with Crippen LogP contribution in [0.5, 0.6) is 0 Å². The second-order valence-electron chi connectivity index (χ2n) is 6.15. The number of para-hydroxylation sites is 1. The van der Waals surface area contributed by atoms with Gasteiger partial charge in [0.1, 0.15) is 0 Å². The molecule has 0 atom stereocenters. The van der Waals surface area contributed by atoms with Crippen molar-refractivity contribution < 1.29 is 8.42 Å². The van der Waals surface area contributed by atoms with Crippen molar-refractivity contribution in [2.75, 3.05) is 10.0 Å². The molecule has 134 valence electrons. The number of hydrogen-bond donors (Lipinski definition) is 2. The molecule has 4 aromatic carbocycles. The molecule has 0 unspecified atom stereocenters. The standard InChI is InChI=1S/C22H18N2O2S/c25-27(26,22-12-6-8-17-7-4-5-11-21(17)22)24-20-15-13-19(14-16-20)23-18-9-2-1-3-10-18/h1-16,23-24H. The normalized spacial score (nSPS) is 11.3. The van der Waals surface area contributed by atoms with Crippen molar-refractivity contribution in [3.63, 3.8) is 0 Å². The van der Waals surface area contributed by atoms with Crippen LogP contribution in [-0.4, -0.2) is 8.42 Å². The number of fused-ring (bicyclic) bond motifs is 1. The molecule has 0 aliphatic rings. The number of nitrogens with one attached hydrogen (secondary N) is 2. The summed E-state index contributed by atoms with van der Waals surface area (Å²) in [5, 5.41) is 4.87. The molecule has 0 bridgehead atoms. The van der Waals surface area contributed by atoms with Gasteiger partial charge in [-0.05, 0) is 47.9 Å². The molecule has 0 aliphatic carbocycles. The number of benzene rings is 4. The van der Waals surface area contributed by atoms with Gasteiger partial charge in [-0.1, -0.05) is 54.6 Å². The van der Waals surface area contributed by atoms with Crippen LogP contribution in [0.25, 0.3) is 10.8 Å². The maximum absolute atomic E-state index is 12.9. The van der Waals surface area contributed by atoms with Gasteiger partial charge in [-0.15, -0.1) is 0 Å². The molecular weight excluding hydrogens is 356 g/mol. The summed E-state index contributed by atoms with van der Waals surface area (Å²) >= 11 is 0. The van der Waals surface area contributed by atoms with Crippen molar-refractivity contribution in [3.05, 3.63) is 97.1 Å². The Kier molecular flexibility index (Phi) is 4.52. The minimum atomic E-state index is -3.68. The van der Waals surface area contributed by atoms with Crippen LogP contribution in [-0.2, 0) is 10.0 Å². The molecule has 2 N–H and O–H groups in total. The highest BCUT2D eigenvalue weighted by Crippen LogP contribution is 2.26. The summed E-state index contributed by atoms with van der Waals surface area (Å²) in [6, 6.07) is 29.7. The van der Waals surface area contributed by atoms with Crippen molar-refractivity contribution >= 4 is 37.9 Å². The Morgan fingerprint density at radius 2 is 1.15 bits per heavy atom. The minimum Gasteiger partial charge on any atom is -0.356 e. The Morgan fingerprint density at radius 3 is 1.93 bits per heavy atom. The van der Waals surface area contributed by atoms with Gasteiger partial charge in [-0.25, -0.2) is 8.42 Å². The quantitative estimate of drug-likeness (QED) is 0.493. The van der Waals surface area contributed by atoms with Gasteiger partial charge in [0, 0.05) is 22.4 Å². The highest BCUT2D eigenvalue weighted by molar-refractivity contribution is 7.93. The Morgan fingerprint density at radius 1 is 0.556 bits per heavy atom. The van der Waals surface area contributed by atoms with E-state index >= 15 is 0 Å². The highest BCUT2D eigenvalue weighted by atomic mass is 32.2. The number of rotatable bonds is 5. The van der Waals surface area contributed by atoms with Crippen molar-refractivity contribution in [2.24, 2.45) is 0 Å². The first-order chi connectivity index (χ1) is 13.1. The summed E-state index contributed by atoms with van der Waals surface area (Å²) in [7, 11) is -3.68. The summed E-state index contributed by atoms with van der Waals surface area (Å²) in [4.78, 5) is 0.270. The first-order valence-electron chi connectivity index (χ1n) is 8.54. The average Bonchev–Trinajstić information content (AvgIpc) is 2.70. The Balaban J connectivity index is 1.57. The first kappa shape index (κ1) is 17.1. The molecule has 0 saturated heterocycles. The van der Waals surface area contributed by atoms with Gasteiger partial charge in [0.25, 0.3) is 10.0 Å². The lowest BCUT2D eigenvalue weighted by molar-refractivity contribution is 0.602. The van der Waals surface area contributed by atoms with E-state index in [2.05, 4.69) is 10.0 Å². The van der Waals surface area contributed by atoms with E-state index in [1.807, 2.05) is 72.8 Å². The van der Waals surface area contributed by atoms with Crippen LogP contribution in [0.3, 0.4) is 0 Å². The van der Waals surface area contributed by atoms with Crippen molar-refractivity contribution in [2.45, 2.75) is 4.90 Å². The molecule has 0 heterocycles. The summed E-state index contributed by atoms with van der Waals surface area (Å²) in [6.45, 7) is 0. The number of hydrogen-bond acceptors (Lipinski definition) is 3. The lowest BCUT2D eigenvalue weighted by Gasteiger charge is -2.12. The zero-order valence-electron chi connectivity index (χ0n) is 14.5. The smallest absolute Gasteiger partial charge is 0.262 e. The molecule has 0 fully saturated rings. The molecule has 0 aliphatic heterocycles. The second kappa shape index (κ2) is 7.13. The van der Waals surface area contributed by atoms with Gasteiger partial charge in [0.15, 0.2) is 0 Å². The van der Waals surface area contributed by atoms with Gasteiger partial charge >= 0.3 is 0 Å². The third-order valence-corrected chi connectivity index (χ3v) is 5.68. The van der Waals surface area contributed by atoms with Gasteiger partial charge in [-0.3, -0.25) is 4.72 Å². The second-order valence-corrected chi connectivity index (χ2v) is 7.80. The van der Waals surface area contributed by atoms with Crippen molar-refractivity contribution in [1.82, 2.24) is 0 Å². The molecule has 4 rings (SSSR count). The summed E-state index contributed by atoms with van der Waals surface area (Å²) in [5.41, 5.74) is 2.37. The van der Waals surface area contributed by atoms with E-state index in [9.17, 15) is 8.42 Å². The Hall–Kier alpha value is -3.31. The van der Waals surface area contributed by atoms with E-state index in [0.717, 1.165) is 16.8 Å². The predicted octanol–water partition coefficient (Wildman–Crippen LogP) is 5.38. The van der Waals surface area contributed by atoms with E-state index in [0.29, 0.717) is 11.1 Å². The molecule has 0 amide bonds. The van der Waals surface area contributed by atoms with Gasteiger partial charge in [0.05, 0.1) is 4.90 Å². The maximum Gasteiger partial charge on any atom is 0.262 e. The minimum absolute atomic E-state index is 0.270. The van der Waals surface area contributed by atoms with E-state index in [4.69, 9.17) is 0 Å².